The summed E-state index contributed by atoms with van der Waals surface area (Å²) in [4.78, 5) is 33.6. The first-order valence-electron chi connectivity index (χ1n) is 5.95. The van der Waals surface area contributed by atoms with Gasteiger partial charge in [0.05, 0.1) is 11.7 Å². The number of carbonyl (C=O) groups is 3. The molecule has 6 nitrogen and oxygen atoms in total. The Hall–Kier alpha value is -2.02. The van der Waals surface area contributed by atoms with Crippen LogP contribution in [0.4, 0.5) is 0 Å². The summed E-state index contributed by atoms with van der Waals surface area (Å²) in [5.41, 5.74) is 5.01. The van der Waals surface area contributed by atoms with Crippen molar-refractivity contribution in [1.82, 2.24) is 10.9 Å². The van der Waals surface area contributed by atoms with Gasteiger partial charge in [-0.1, -0.05) is 25.1 Å². The van der Waals surface area contributed by atoms with E-state index >= 15 is 0 Å². The number of hydrogen-bond donors (Lipinski definition) is 3. The summed E-state index contributed by atoms with van der Waals surface area (Å²) in [5, 5.41) is 8.68. The van der Waals surface area contributed by atoms with Gasteiger partial charge >= 0.3 is 5.97 Å². The molecule has 1 unspecified atom stereocenters. The standard InChI is InChI=1S/C13H16N2O4S/c1-9(13(18)19)7-20-8-11(16)14-15-12(17)10-5-3-2-4-6-10/h2-6,9H,7-8H2,1H3,(H,14,16)(H,15,17)(H,18,19). The average Bonchev–Trinajstić information content (AvgIpc) is 2.45. The van der Waals surface area contributed by atoms with Gasteiger partial charge in [0.2, 0.25) is 5.91 Å². The second kappa shape index (κ2) is 8.21. The van der Waals surface area contributed by atoms with Crippen molar-refractivity contribution in [2.75, 3.05) is 11.5 Å². The van der Waals surface area contributed by atoms with E-state index in [1.54, 1.807) is 37.3 Å². The number of rotatable bonds is 6. The van der Waals surface area contributed by atoms with E-state index in [1.807, 2.05) is 0 Å². The van der Waals surface area contributed by atoms with E-state index in [1.165, 1.54) is 11.8 Å². The summed E-state index contributed by atoms with van der Waals surface area (Å²) in [5.74, 6) is -1.75. The molecular weight excluding hydrogens is 280 g/mol. The molecule has 0 saturated heterocycles. The van der Waals surface area contributed by atoms with Crippen LogP contribution in [0.5, 0.6) is 0 Å². The van der Waals surface area contributed by atoms with E-state index in [9.17, 15) is 14.4 Å². The summed E-state index contributed by atoms with van der Waals surface area (Å²) in [6, 6.07) is 8.49. The SMILES string of the molecule is CC(CSCC(=O)NNC(=O)c1ccccc1)C(=O)O. The van der Waals surface area contributed by atoms with Gasteiger partial charge < -0.3 is 5.11 Å². The topological polar surface area (TPSA) is 95.5 Å². The van der Waals surface area contributed by atoms with Crippen molar-refractivity contribution in [3.05, 3.63) is 35.9 Å². The number of thioether (sulfide) groups is 1. The molecule has 0 fully saturated rings. The van der Waals surface area contributed by atoms with Crippen molar-refractivity contribution in [2.45, 2.75) is 6.92 Å². The van der Waals surface area contributed by atoms with E-state index in [0.717, 1.165) is 0 Å². The Labute approximate surface area is 120 Å². The molecule has 0 saturated carbocycles. The third-order valence-electron chi connectivity index (χ3n) is 2.37. The van der Waals surface area contributed by atoms with Crippen LogP contribution in [0.2, 0.25) is 0 Å². The van der Waals surface area contributed by atoms with Crippen LogP contribution >= 0.6 is 11.8 Å². The van der Waals surface area contributed by atoms with Gasteiger partial charge in [0.15, 0.2) is 0 Å². The quantitative estimate of drug-likeness (QED) is 0.678. The van der Waals surface area contributed by atoms with E-state index in [2.05, 4.69) is 10.9 Å². The lowest BCUT2D eigenvalue weighted by atomic mass is 10.2. The first-order valence-corrected chi connectivity index (χ1v) is 7.11. The molecule has 2 amide bonds. The molecule has 0 aliphatic carbocycles. The maximum atomic E-state index is 11.6. The van der Waals surface area contributed by atoms with Crippen LogP contribution < -0.4 is 10.9 Å². The molecule has 1 aromatic carbocycles. The van der Waals surface area contributed by atoms with Crippen LogP contribution in [0.25, 0.3) is 0 Å². The van der Waals surface area contributed by atoms with Gasteiger partial charge in [-0.05, 0) is 12.1 Å². The Bertz CT molecular complexity index is 479. The average molecular weight is 296 g/mol. The first-order chi connectivity index (χ1) is 9.50. The Morgan fingerprint density at radius 1 is 1.20 bits per heavy atom. The number of carboxylic acid groups (broad SMARTS) is 1. The summed E-state index contributed by atoms with van der Waals surface area (Å²) in [6.45, 7) is 1.57. The zero-order valence-electron chi connectivity index (χ0n) is 11.0. The van der Waals surface area contributed by atoms with Crippen LogP contribution in [0.1, 0.15) is 17.3 Å². The molecule has 7 heteroatoms. The highest BCUT2D eigenvalue weighted by Crippen LogP contribution is 2.07. The van der Waals surface area contributed by atoms with Gasteiger partial charge in [0, 0.05) is 11.3 Å². The molecule has 0 spiro atoms. The van der Waals surface area contributed by atoms with Gasteiger partial charge in [-0.2, -0.15) is 11.8 Å². The number of carboxylic acids is 1. The molecule has 1 aromatic rings. The predicted molar refractivity (Wildman–Crippen MR) is 76.2 cm³/mol. The van der Waals surface area contributed by atoms with Gasteiger partial charge in [0.1, 0.15) is 0 Å². The number of nitrogens with one attached hydrogen (secondary N) is 2. The Kier molecular flexibility index (Phi) is 6.58. The zero-order chi connectivity index (χ0) is 15.0. The fourth-order valence-electron chi connectivity index (χ4n) is 1.22. The zero-order valence-corrected chi connectivity index (χ0v) is 11.8. The van der Waals surface area contributed by atoms with Gasteiger partial charge in [-0.25, -0.2) is 0 Å². The molecule has 108 valence electrons. The predicted octanol–water partition coefficient (Wildman–Crippen LogP) is 0.901. The molecule has 0 bridgehead atoms. The molecular formula is C13H16N2O4S. The molecule has 0 heterocycles. The van der Waals surface area contributed by atoms with Gasteiger partial charge in [-0.15, -0.1) is 0 Å². The highest BCUT2D eigenvalue weighted by atomic mass is 32.2. The van der Waals surface area contributed by atoms with E-state index in [0.29, 0.717) is 11.3 Å². The number of benzene rings is 1. The molecule has 1 atom stereocenters. The smallest absolute Gasteiger partial charge is 0.307 e. The van der Waals surface area contributed by atoms with Crippen LogP contribution in [-0.2, 0) is 9.59 Å². The van der Waals surface area contributed by atoms with Crippen molar-refractivity contribution < 1.29 is 19.5 Å². The third kappa shape index (κ3) is 5.75. The molecule has 3 N–H and O–H groups in total. The lowest BCUT2D eigenvalue weighted by Gasteiger charge is -2.08. The molecule has 0 aliphatic heterocycles. The van der Waals surface area contributed by atoms with Crippen molar-refractivity contribution in [1.29, 1.82) is 0 Å². The second-order valence-corrected chi connectivity index (χ2v) is 5.15. The monoisotopic (exact) mass is 296 g/mol. The highest BCUT2D eigenvalue weighted by Gasteiger charge is 2.12. The third-order valence-corrected chi connectivity index (χ3v) is 3.58. The number of hydrazine groups is 1. The minimum absolute atomic E-state index is 0.0900. The van der Waals surface area contributed by atoms with E-state index in [4.69, 9.17) is 5.11 Å². The van der Waals surface area contributed by atoms with E-state index < -0.39 is 17.8 Å². The van der Waals surface area contributed by atoms with E-state index in [-0.39, 0.29) is 11.7 Å². The van der Waals surface area contributed by atoms with Crippen molar-refractivity contribution in [3.63, 3.8) is 0 Å². The Morgan fingerprint density at radius 2 is 1.85 bits per heavy atom. The minimum Gasteiger partial charge on any atom is -0.481 e. The lowest BCUT2D eigenvalue weighted by Crippen LogP contribution is -2.42. The minimum atomic E-state index is -0.893. The molecule has 20 heavy (non-hydrogen) atoms. The number of hydrogen-bond acceptors (Lipinski definition) is 4. The largest absolute Gasteiger partial charge is 0.481 e. The lowest BCUT2D eigenvalue weighted by molar-refractivity contribution is -0.140. The number of carbonyl (C=O) groups excluding carboxylic acids is 2. The summed E-state index contributed by atoms with van der Waals surface area (Å²) < 4.78 is 0. The maximum Gasteiger partial charge on any atom is 0.307 e. The van der Waals surface area contributed by atoms with Crippen LogP contribution in [-0.4, -0.2) is 34.4 Å². The summed E-state index contributed by atoms with van der Waals surface area (Å²) in [6.07, 6.45) is 0. The van der Waals surface area contributed by atoms with Gasteiger partial charge in [-0.3, -0.25) is 25.2 Å². The molecule has 0 radical (unpaired) electrons. The Morgan fingerprint density at radius 3 is 2.45 bits per heavy atom. The van der Waals surface area contributed by atoms with Crippen LogP contribution in [0.15, 0.2) is 30.3 Å². The maximum absolute atomic E-state index is 11.6. The second-order valence-electron chi connectivity index (χ2n) is 4.12. The molecule has 0 aliphatic rings. The van der Waals surface area contributed by atoms with Crippen molar-refractivity contribution in [3.8, 4) is 0 Å². The van der Waals surface area contributed by atoms with Crippen molar-refractivity contribution in [2.24, 2.45) is 5.92 Å². The highest BCUT2D eigenvalue weighted by molar-refractivity contribution is 7.99. The first kappa shape index (κ1) is 16.0. The Balaban J connectivity index is 2.23. The fourth-order valence-corrected chi connectivity index (χ4v) is 2.10. The van der Waals surface area contributed by atoms with Gasteiger partial charge in [0.25, 0.3) is 5.91 Å². The number of amides is 2. The molecule has 1 rings (SSSR count). The van der Waals surface area contributed by atoms with Crippen molar-refractivity contribution >= 4 is 29.5 Å². The van der Waals surface area contributed by atoms with Crippen LogP contribution in [0.3, 0.4) is 0 Å². The normalized spacial score (nSPS) is 11.4. The number of aliphatic carboxylic acids is 1. The molecule has 0 aromatic heterocycles. The summed E-state index contributed by atoms with van der Waals surface area (Å²) >= 11 is 1.20. The fraction of sp³-hybridized carbons (Fsp3) is 0.308. The van der Waals surface area contributed by atoms with Crippen LogP contribution in [0, 0.1) is 5.92 Å². The summed E-state index contributed by atoms with van der Waals surface area (Å²) in [7, 11) is 0.